The first-order chi connectivity index (χ1) is 20.6. The molecule has 10 nitrogen and oxygen atoms in total. The smallest absolute Gasteiger partial charge is 0.269 e. The fourth-order valence-electron chi connectivity index (χ4n) is 4.87. The molecular weight excluding hydrogens is 700 g/mol. The molecule has 0 aliphatic heterocycles. The third-order valence-electron chi connectivity index (χ3n) is 6.94. The molecule has 43 heavy (non-hydrogen) atoms. The number of H-pyrrole nitrogens is 1. The number of nitrogens with one attached hydrogen (secondary N) is 1. The Morgan fingerprint density at radius 2 is 1.33 bits per heavy atom. The molecule has 0 amide bonds. The molecule has 6 aromatic heterocycles. The molecule has 1 N–H and O–H groups in total. The van der Waals surface area contributed by atoms with Gasteiger partial charge in [-0.25, -0.2) is 22.4 Å². The third kappa shape index (κ3) is 5.21. The van der Waals surface area contributed by atoms with Gasteiger partial charge < -0.3 is 14.0 Å². The Labute approximate surface area is 263 Å². The summed E-state index contributed by atoms with van der Waals surface area (Å²) in [4.78, 5) is 12.5. The minimum absolute atomic E-state index is 0.203. The number of fused-ring (bicyclic) bond motifs is 2. The van der Waals surface area contributed by atoms with Gasteiger partial charge in [-0.15, -0.1) is 0 Å². The second-order valence-corrected chi connectivity index (χ2v) is 13.3. The van der Waals surface area contributed by atoms with Crippen molar-refractivity contribution in [3.05, 3.63) is 98.8 Å². The first kappa shape index (κ1) is 29.0. The van der Waals surface area contributed by atoms with Crippen molar-refractivity contribution in [2.45, 2.75) is 32.6 Å². The van der Waals surface area contributed by atoms with E-state index in [1.165, 1.54) is 10.2 Å². The zero-order chi connectivity index (χ0) is 30.5. The lowest BCUT2D eigenvalue weighted by molar-refractivity contribution is 0.393. The highest BCUT2D eigenvalue weighted by Crippen LogP contribution is 2.33. The number of aryl methyl sites for hydroxylation is 4. The van der Waals surface area contributed by atoms with Crippen molar-refractivity contribution in [2.75, 3.05) is 0 Å². The summed E-state index contributed by atoms with van der Waals surface area (Å²) >= 11 is 6.90. The van der Waals surface area contributed by atoms with Gasteiger partial charge in [-0.1, -0.05) is 28.5 Å². The Kier molecular flexibility index (Phi) is 7.57. The minimum Gasteiger partial charge on any atom is -0.361 e. The van der Waals surface area contributed by atoms with Crippen LogP contribution in [0.5, 0.6) is 0 Å². The molecule has 13 heteroatoms. The number of pyridine rings is 2. The first-order valence-corrected chi connectivity index (χ1v) is 16.1. The molecule has 0 aliphatic carbocycles. The number of aromatic amines is 1. The van der Waals surface area contributed by atoms with Crippen LogP contribution in [0, 0.1) is 27.7 Å². The zero-order valence-electron chi connectivity index (χ0n) is 23.4. The molecule has 0 atom stereocenters. The second kappa shape index (κ2) is 11.2. The molecular formula is C30H24Br2N6O4S. The molecule has 0 aliphatic rings. The lowest BCUT2D eigenvalue weighted by Gasteiger charge is -2.07. The van der Waals surface area contributed by atoms with Crippen molar-refractivity contribution < 1.29 is 17.5 Å². The summed E-state index contributed by atoms with van der Waals surface area (Å²) < 4.78 is 39.4. The molecule has 0 spiro atoms. The molecule has 0 radical (unpaired) electrons. The summed E-state index contributed by atoms with van der Waals surface area (Å²) in [6, 6.07) is 16.0. The minimum atomic E-state index is -3.77. The van der Waals surface area contributed by atoms with Crippen LogP contribution in [0.4, 0.5) is 0 Å². The van der Waals surface area contributed by atoms with E-state index >= 15 is 0 Å². The van der Waals surface area contributed by atoms with E-state index in [1.54, 1.807) is 37.3 Å². The summed E-state index contributed by atoms with van der Waals surface area (Å²) in [6.45, 7) is 7.44. The number of benzene rings is 1. The van der Waals surface area contributed by atoms with E-state index in [-0.39, 0.29) is 4.90 Å². The lowest BCUT2D eigenvalue weighted by Crippen LogP contribution is -2.12. The Balaban J connectivity index is 0.000000167. The van der Waals surface area contributed by atoms with Crippen LogP contribution >= 0.6 is 31.9 Å². The summed E-state index contributed by atoms with van der Waals surface area (Å²) in [5.74, 6) is 1.43. The van der Waals surface area contributed by atoms with E-state index in [9.17, 15) is 8.42 Å². The largest absolute Gasteiger partial charge is 0.361 e. The van der Waals surface area contributed by atoms with E-state index in [4.69, 9.17) is 9.05 Å². The maximum atomic E-state index is 13.1. The van der Waals surface area contributed by atoms with Crippen LogP contribution in [0.3, 0.4) is 0 Å². The second-order valence-electron chi connectivity index (χ2n) is 9.79. The number of nitrogens with zero attached hydrogens (tertiary/aromatic N) is 5. The first-order valence-electron chi connectivity index (χ1n) is 13.0. The van der Waals surface area contributed by atoms with E-state index in [1.807, 2.05) is 51.2 Å². The van der Waals surface area contributed by atoms with Crippen molar-refractivity contribution in [1.82, 2.24) is 29.2 Å². The van der Waals surface area contributed by atoms with Crippen LogP contribution in [0.1, 0.15) is 22.9 Å². The van der Waals surface area contributed by atoms with Crippen molar-refractivity contribution >= 4 is 63.9 Å². The number of hydrogen-bond donors (Lipinski definition) is 1. The highest BCUT2D eigenvalue weighted by molar-refractivity contribution is 9.11. The Morgan fingerprint density at radius 1 is 0.744 bits per heavy atom. The topological polar surface area (TPSA) is 133 Å². The Morgan fingerprint density at radius 3 is 1.91 bits per heavy atom. The van der Waals surface area contributed by atoms with Crippen molar-refractivity contribution in [3.63, 3.8) is 0 Å². The van der Waals surface area contributed by atoms with E-state index in [2.05, 4.69) is 57.1 Å². The van der Waals surface area contributed by atoms with E-state index < -0.39 is 10.0 Å². The van der Waals surface area contributed by atoms with Crippen LogP contribution in [-0.4, -0.2) is 37.7 Å². The van der Waals surface area contributed by atoms with Gasteiger partial charge in [-0.2, -0.15) is 0 Å². The van der Waals surface area contributed by atoms with Gasteiger partial charge in [0.15, 0.2) is 5.65 Å². The molecule has 0 fully saturated rings. The van der Waals surface area contributed by atoms with Crippen molar-refractivity contribution in [1.29, 1.82) is 0 Å². The van der Waals surface area contributed by atoms with Crippen molar-refractivity contribution in [2.24, 2.45) is 0 Å². The monoisotopic (exact) mass is 722 g/mol. The summed E-state index contributed by atoms with van der Waals surface area (Å²) in [5.41, 5.74) is 6.00. The summed E-state index contributed by atoms with van der Waals surface area (Å²) in [5, 5.41) is 9.67. The fourth-order valence-corrected chi connectivity index (χ4v) is 7.30. The van der Waals surface area contributed by atoms with Gasteiger partial charge in [0.1, 0.15) is 17.2 Å². The van der Waals surface area contributed by atoms with Gasteiger partial charge in [0, 0.05) is 32.1 Å². The molecule has 0 saturated carbocycles. The standard InChI is InChI=1S/C18H14BrN3O3S.C12H10BrN3O/c1-11-17(12(2)25-21-11)16-9-8-14-15(19)10-22(18(14)20-16)26(23,24)13-6-4-3-5-7-13;1-6-11(7(2)17-16-6)10-4-3-8-9(13)5-14-12(8)15-10/h3-10H,1-2H3;3-5H,1-2H3,(H,14,15). The molecule has 1 aromatic carbocycles. The molecule has 0 bridgehead atoms. The molecule has 0 unspecified atom stereocenters. The summed E-state index contributed by atoms with van der Waals surface area (Å²) in [6.07, 6.45) is 3.41. The van der Waals surface area contributed by atoms with Crippen molar-refractivity contribution in [3.8, 4) is 22.5 Å². The number of aromatic nitrogens is 6. The Bertz CT molecular complexity index is 2190. The van der Waals surface area contributed by atoms with Gasteiger partial charge in [0.2, 0.25) is 0 Å². The number of halogens is 2. The quantitative estimate of drug-likeness (QED) is 0.194. The maximum absolute atomic E-state index is 13.1. The maximum Gasteiger partial charge on any atom is 0.269 e. The number of hydrogen-bond acceptors (Lipinski definition) is 8. The van der Waals surface area contributed by atoms with Gasteiger partial charge >= 0.3 is 0 Å². The molecule has 7 rings (SSSR count). The normalized spacial score (nSPS) is 11.7. The summed E-state index contributed by atoms with van der Waals surface area (Å²) in [7, 11) is -3.77. The average Bonchev–Trinajstić information content (AvgIpc) is 3.74. The van der Waals surface area contributed by atoms with Crippen LogP contribution in [0.25, 0.3) is 44.6 Å². The fraction of sp³-hybridized carbons (Fsp3) is 0.133. The highest BCUT2D eigenvalue weighted by Gasteiger charge is 2.23. The zero-order valence-corrected chi connectivity index (χ0v) is 27.4. The van der Waals surface area contributed by atoms with Crippen LogP contribution in [0.2, 0.25) is 0 Å². The predicted octanol–water partition coefficient (Wildman–Crippen LogP) is 7.90. The van der Waals surface area contributed by atoms with Gasteiger partial charge in [0.05, 0.1) is 38.8 Å². The molecule has 6 heterocycles. The predicted molar refractivity (Wildman–Crippen MR) is 170 cm³/mol. The highest BCUT2D eigenvalue weighted by atomic mass is 79.9. The van der Waals surface area contributed by atoms with Gasteiger partial charge in [0.25, 0.3) is 10.0 Å². The molecule has 218 valence electrons. The lowest BCUT2D eigenvalue weighted by atomic mass is 10.1. The van der Waals surface area contributed by atoms with Gasteiger partial charge in [-0.05, 0) is 96.0 Å². The van der Waals surface area contributed by atoms with E-state index in [0.29, 0.717) is 32.7 Å². The van der Waals surface area contributed by atoms with Crippen LogP contribution in [-0.2, 0) is 10.0 Å². The Hall–Kier alpha value is -4.07. The van der Waals surface area contributed by atoms with E-state index in [0.717, 1.165) is 43.8 Å². The van der Waals surface area contributed by atoms with Crippen LogP contribution in [0.15, 0.2) is 89.9 Å². The molecule has 7 aromatic rings. The average molecular weight is 724 g/mol. The third-order valence-corrected chi connectivity index (χ3v) is 9.89. The number of rotatable bonds is 4. The molecule has 0 saturated heterocycles. The van der Waals surface area contributed by atoms with Gasteiger partial charge in [-0.3, -0.25) is 0 Å². The SMILES string of the molecule is Cc1noc(C)c1-c1ccc2c(Br)c[nH]c2n1.Cc1noc(C)c1-c1ccc2c(Br)cn(S(=O)(=O)c3ccccc3)c2n1. The van der Waals surface area contributed by atoms with Crippen LogP contribution < -0.4 is 0 Å².